The van der Waals surface area contributed by atoms with Gasteiger partial charge in [-0.1, -0.05) is 31.5 Å². The highest BCUT2D eigenvalue weighted by Crippen LogP contribution is 2.25. The summed E-state index contributed by atoms with van der Waals surface area (Å²) in [6.07, 6.45) is 0.649. The summed E-state index contributed by atoms with van der Waals surface area (Å²) in [7, 11) is 0. The third-order valence-electron chi connectivity index (χ3n) is 2.54. The van der Waals surface area contributed by atoms with E-state index in [-0.39, 0.29) is 18.6 Å². The van der Waals surface area contributed by atoms with Crippen molar-refractivity contribution in [2.75, 3.05) is 0 Å². The van der Waals surface area contributed by atoms with E-state index in [0.29, 0.717) is 12.0 Å². The zero-order valence-corrected chi connectivity index (χ0v) is 9.18. The van der Waals surface area contributed by atoms with Gasteiger partial charge in [0.2, 0.25) is 0 Å². The SMILES string of the molecule is CCCC(O)(Cc1ccccc1O)C(=O)O. The fourth-order valence-corrected chi connectivity index (χ4v) is 1.66. The number of aliphatic hydroxyl groups is 1. The molecule has 1 aromatic carbocycles. The number of rotatable bonds is 5. The Morgan fingerprint density at radius 2 is 2.00 bits per heavy atom. The van der Waals surface area contributed by atoms with Crippen LogP contribution in [-0.2, 0) is 11.2 Å². The van der Waals surface area contributed by atoms with E-state index in [2.05, 4.69) is 0 Å². The number of para-hydroxylation sites is 1. The van der Waals surface area contributed by atoms with Gasteiger partial charge in [-0.3, -0.25) is 0 Å². The van der Waals surface area contributed by atoms with Crippen molar-refractivity contribution in [2.45, 2.75) is 31.8 Å². The Bertz CT molecular complexity index is 375. The molecule has 0 fully saturated rings. The summed E-state index contributed by atoms with van der Waals surface area (Å²) in [5, 5.41) is 28.5. The Labute approximate surface area is 94.2 Å². The van der Waals surface area contributed by atoms with Crippen LogP contribution in [-0.4, -0.2) is 26.9 Å². The van der Waals surface area contributed by atoms with Gasteiger partial charge in [0, 0.05) is 6.42 Å². The summed E-state index contributed by atoms with van der Waals surface area (Å²) < 4.78 is 0. The first-order valence-corrected chi connectivity index (χ1v) is 5.22. The fourth-order valence-electron chi connectivity index (χ4n) is 1.66. The summed E-state index contributed by atoms with van der Waals surface area (Å²) in [5.41, 5.74) is -1.35. The van der Waals surface area contributed by atoms with E-state index in [1.165, 1.54) is 6.07 Å². The van der Waals surface area contributed by atoms with Crippen LogP contribution < -0.4 is 0 Å². The van der Waals surface area contributed by atoms with Crippen molar-refractivity contribution in [3.8, 4) is 5.75 Å². The van der Waals surface area contributed by atoms with E-state index >= 15 is 0 Å². The second-order valence-electron chi connectivity index (χ2n) is 3.89. The molecular formula is C12H16O4. The Hall–Kier alpha value is -1.55. The maximum absolute atomic E-state index is 11.0. The first kappa shape index (κ1) is 12.5. The number of benzene rings is 1. The molecule has 0 aliphatic carbocycles. The quantitative estimate of drug-likeness (QED) is 0.709. The molecule has 0 spiro atoms. The molecule has 0 amide bonds. The van der Waals surface area contributed by atoms with Crippen molar-refractivity contribution in [2.24, 2.45) is 0 Å². The van der Waals surface area contributed by atoms with Crippen LogP contribution in [0.1, 0.15) is 25.3 Å². The van der Waals surface area contributed by atoms with Crippen LogP contribution in [0.15, 0.2) is 24.3 Å². The molecular weight excluding hydrogens is 208 g/mol. The molecule has 0 radical (unpaired) electrons. The number of carbonyl (C=O) groups is 1. The summed E-state index contributed by atoms with van der Waals surface area (Å²) in [4.78, 5) is 11.0. The standard InChI is InChI=1S/C12H16O4/c1-2-7-12(16,11(14)15)8-9-5-3-4-6-10(9)13/h3-6,13,16H,2,7-8H2,1H3,(H,14,15). The average molecular weight is 224 g/mol. The molecule has 4 nitrogen and oxygen atoms in total. The molecule has 0 saturated carbocycles. The van der Waals surface area contributed by atoms with Gasteiger partial charge in [0.25, 0.3) is 0 Å². The van der Waals surface area contributed by atoms with Crippen LogP contribution in [0.5, 0.6) is 5.75 Å². The first-order chi connectivity index (χ1) is 7.49. The number of carboxylic acid groups (broad SMARTS) is 1. The lowest BCUT2D eigenvalue weighted by atomic mass is 9.90. The molecule has 1 unspecified atom stereocenters. The fraction of sp³-hybridized carbons (Fsp3) is 0.417. The van der Waals surface area contributed by atoms with Gasteiger partial charge in [-0.05, 0) is 18.1 Å². The maximum atomic E-state index is 11.0. The lowest BCUT2D eigenvalue weighted by Gasteiger charge is -2.23. The normalized spacial score (nSPS) is 14.4. The second-order valence-corrected chi connectivity index (χ2v) is 3.89. The molecule has 1 atom stereocenters. The third-order valence-corrected chi connectivity index (χ3v) is 2.54. The van der Waals surface area contributed by atoms with Gasteiger partial charge in [-0.2, -0.15) is 0 Å². The number of aliphatic carboxylic acids is 1. The largest absolute Gasteiger partial charge is 0.508 e. The monoisotopic (exact) mass is 224 g/mol. The molecule has 88 valence electrons. The minimum Gasteiger partial charge on any atom is -0.508 e. The molecule has 0 heterocycles. The Balaban J connectivity index is 2.92. The summed E-state index contributed by atoms with van der Waals surface area (Å²) in [6.45, 7) is 1.80. The van der Waals surface area contributed by atoms with E-state index in [4.69, 9.17) is 5.11 Å². The van der Waals surface area contributed by atoms with Crippen molar-refractivity contribution in [1.29, 1.82) is 0 Å². The number of aromatic hydroxyl groups is 1. The van der Waals surface area contributed by atoms with Gasteiger partial charge in [-0.25, -0.2) is 4.79 Å². The molecule has 3 N–H and O–H groups in total. The van der Waals surface area contributed by atoms with Gasteiger partial charge in [0.05, 0.1) is 0 Å². The van der Waals surface area contributed by atoms with Crippen molar-refractivity contribution in [1.82, 2.24) is 0 Å². The van der Waals surface area contributed by atoms with Crippen LogP contribution in [0, 0.1) is 0 Å². The van der Waals surface area contributed by atoms with E-state index < -0.39 is 11.6 Å². The minimum absolute atomic E-state index is 0.0123. The van der Waals surface area contributed by atoms with Crippen LogP contribution in [0.25, 0.3) is 0 Å². The summed E-state index contributed by atoms with van der Waals surface area (Å²) in [5.74, 6) is -1.24. The van der Waals surface area contributed by atoms with E-state index in [9.17, 15) is 15.0 Å². The second kappa shape index (κ2) is 4.99. The Morgan fingerprint density at radius 1 is 1.38 bits per heavy atom. The average Bonchev–Trinajstić information content (AvgIpc) is 2.21. The number of hydrogen-bond acceptors (Lipinski definition) is 3. The van der Waals surface area contributed by atoms with Crippen molar-refractivity contribution < 1.29 is 20.1 Å². The Kier molecular flexibility index (Phi) is 3.90. The smallest absolute Gasteiger partial charge is 0.336 e. The number of phenolic OH excluding ortho intramolecular Hbond substituents is 1. The van der Waals surface area contributed by atoms with Gasteiger partial charge < -0.3 is 15.3 Å². The highest BCUT2D eigenvalue weighted by molar-refractivity contribution is 5.77. The van der Waals surface area contributed by atoms with E-state index in [0.717, 1.165) is 0 Å². The first-order valence-electron chi connectivity index (χ1n) is 5.22. The van der Waals surface area contributed by atoms with Crippen LogP contribution >= 0.6 is 0 Å². The van der Waals surface area contributed by atoms with E-state index in [1.807, 2.05) is 0 Å². The summed E-state index contributed by atoms with van der Waals surface area (Å²) in [6, 6.07) is 6.43. The number of hydrogen-bond donors (Lipinski definition) is 3. The van der Waals surface area contributed by atoms with Gasteiger partial charge >= 0.3 is 5.97 Å². The predicted molar refractivity (Wildman–Crippen MR) is 59.3 cm³/mol. The highest BCUT2D eigenvalue weighted by Gasteiger charge is 2.35. The van der Waals surface area contributed by atoms with Crippen LogP contribution in [0.4, 0.5) is 0 Å². The maximum Gasteiger partial charge on any atom is 0.336 e. The third kappa shape index (κ3) is 2.73. The molecule has 1 aromatic rings. The topological polar surface area (TPSA) is 77.8 Å². The highest BCUT2D eigenvalue weighted by atomic mass is 16.4. The molecule has 16 heavy (non-hydrogen) atoms. The lowest BCUT2D eigenvalue weighted by Crippen LogP contribution is -2.40. The zero-order valence-electron chi connectivity index (χ0n) is 9.18. The Morgan fingerprint density at radius 3 is 2.50 bits per heavy atom. The molecule has 4 heteroatoms. The molecule has 0 aliphatic heterocycles. The zero-order chi connectivity index (χ0) is 12.2. The molecule has 1 rings (SSSR count). The molecule has 0 aromatic heterocycles. The van der Waals surface area contributed by atoms with Crippen LogP contribution in [0.2, 0.25) is 0 Å². The number of phenols is 1. The molecule has 0 saturated heterocycles. The molecule has 0 aliphatic rings. The van der Waals surface area contributed by atoms with Crippen molar-refractivity contribution >= 4 is 5.97 Å². The van der Waals surface area contributed by atoms with E-state index in [1.54, 1.807) is 25.1 Å². The van der Waals surface area contributed by atoms with Crippen molar-refractivity contribution in [3.63, 3.8) is 0 Å². The summed E-state index contributed by atoms with van der Waals surface area (Å²) >= 11 is 0. The molecule has 0 bridgehead atoms. The predicted octanol–water partition coefficient (Wildman–Crippen LogP) is 1.55. The van der Waals surface area contributed by atoms with Crippen LogP contribution in [0.3, 0.4) is 0 Å². The van der Waals surface area contributed by atoms with Gasteiger partial charge in [0.1, 0.15) is 5.75 Å². The van der Waals surface area contributed by atoms with Gasteiger partial charge in [0.15, 0.2) is 5.60 Å². The number of carboxylic acids is 1. The van der Waals surface area contributed by atoms with Crippen molar-refractivity contribution in [3.05, 3.63) is 29.8 Å². The lowest BCUT2D eigenvalue weighted by molar-refractivity contribution is -0.159. The van der Waals surface area contributed by atoms with Gasteiger partial charge in [-0.15, -0.1) is 0 Å². The minimum atomic E-state index is -1.80.